The smallest absolute Gasteiger partial charge is 0.269 e. The quantitative estimate of drug-likeness (QED) is 0.657. The first-order valence-electron chi connectivity index (χ1n) is 7.24. The second kappa shape index (κ2) is 7.49. The zero-order chi connectivity index (χ0) is 16.8. The second-order valence-electron chi connectivity index (χ2n) is 5.24. The summed E-state index contributed by atoms with van der Waals surface area (Å²) in [5.74, 6) is -1.02. The number of halogens is 1. The number of nitrogens with one attached hydrogen (secondary N) is 1. The average molecular weight is 316 g/mol. The van der Waals surface area contributed by atoms with E-state index in [-0.39, 0.29) is 17.4 Å². The van der Waals surface area contributed by atoms with Crippen molar-refractivity contribution >= 4 is 11.6 Å². The van der Waals surface area contributed by atoms with E-state index in [4.69, 9.17) is 0 Å². The number of rotatable bonds is 6. The molecule has 0 aliphatic heterocycles. The van der Waals surface area contributed by atoms with E-state index in [0.29, 0.717) is 18.5 Å². The Bertz CT molecular complexity index is 718. The Morgan fingerprint density at radius 1 is 1.26 bits per heavy atom. The maximum Gasteiger partial charge on any atom is 0.269 e. The third kappa shape index (κ3) is 4.60. The van der Waals surface area contributed by atoms with Crippen molar-refractivity contribution in [3.63, 3.8) is 0 Å². The zero-order valence-electron chi connectivity index (χ0n) is 12.7. The van der Waals surface area contributed by atoms with Crippen molar-refractivity contribution in [2.75, 3.05) is 6.54 Å². The normalized spacial score (nSPS) is 11.7. The van der Waals surface area contributed by atoms with E-state index in [9.17, 15) is 19.3 Å². The fourth-order valence-corrected chi connectivity index (χ4v) is 2.23. The van der Waals surface area contributed by atoms with Gasteiger partial charge in [-0.25, -0.2) is 4.39 Å². The Balaban J connectivity index is 1.92. The number of hydrogen-bond donors (Lipinski definition) is 1. The van der Waals surface area contributed by atoms with Crippen LogP contribution in [0, 0.1) is 15.9 Å². The van der Waals surface area contributed by atoms with Crippen molar-refractivity contribution in [2.24, 2.45) is 0 Å². The predicted octanol–water partition coefficient (Wildman–Crippen LogP) is 3.20. The number of amides is 1. The predicted molar refractivity (Wildman–Crippen MR) is 84.6 cm³/mol. The molecule has 0 spiro atoms. The number of hydrogen-bond acceptors (Lipinski definition) is 3. The van der Waals surface area contributed by atoms with Gasteiger partial charge in [-0.2, -0.15) is 0 Å². The topological polar surface area (TPSA) is 72.2 Å². The van der Waals surface area contributed by atoms with Gasteiger partial charge in [-0.3, -0.25) is 14.9 Å². The molecule has 6 heteroatoms. The molecule has 23 heavy (non-hydrogen) atoms. The lowest BCUT2D eigenvalue weighted by Crippen LogP contribution is -2.29. The number of benzene rings is 2. The van der Waals surface area contributed by atoms with Gasteiger partial charge in [-0.1, -0.05) is 24.3 Å². The Morgan fingerprint density at radius 2 is 2.00 bits per heavy atom. The number of carbonyl (C=O) groups is 1. The van der Waals surface area contributed by atoms with Gasteiger partial charge in [0, 0.05) is 18.7 Å². The molecule has 0 aliphatic rings. The molecule has 5 nitrogen and oxygen atoms in total. The molecular weight excluding hydrogens is 299 g/mol. The summed E-state index contributed by atoms with van der Waals surface area (Å²) < 4.78 is 13.1. The second-order valence-corrected chi connectivity index (χ2v) is 5.24. The van der Waals surface area contributed by atoms with Crippen LogP contribution in [0.2, 0.25) is 0 Å². The molecule has 1 amide bonds. The highest BCUT2D eigenvalue weighted by Crippen LogP contribution is 2.20. The molecule has 0 radical (unpaired) electrons. The number of nitrogens with zero attached hydrogens (tertiary/aromatic N) is 1. The summed E-state index contributed by atoms with van der Waals surface area (Å²) in [6.07, 6.45) is 0.519. The van der Waals surface area contributed by atoms with Crippen molar-refractivity contribution in [1.29, 1.82) is 0 Å². The highest BCUT2D eigenvalue weighted by atomic mass is 19.1. The Kier molecular flexibility index (Phi) is 5.41. The van der Waals surface area contributed by atoms with Crippen LogP contribution in [0.15, 0.2) is 48.5 Å². The molecule has 0 bridgehead atoms. The molecule has 1 unspecified atom stereocenters. The summed E-state index contributed by atoms with van der Waals surface area (Å²) >= 11 is 0. The zero-order valence-corrected chi connectivity index (χ0v) is 12.7. The lowest BCUT2D eigenvalue weighted by molar-refractivity contribution is -0.384. The maximum absolute atomic E-state index is 13.1. The van der Waals surface area contributed by atoms with Crippen molar-refractivity contribution in [1.82, 2.24) is 5.32 Å². The van der Waals surface area contributed by atoms with Crippen molar-refractivity contribution < 1.29 is 14.1 Å². The van der Waals surface area contributed by atoms with Crippen LogP contribution in [-0.4, -0.2) is 17.4 Å². The SMILES string of the molecule is CC(C(=O)NCCc1cccc(F)c1)c1cccc([N+](=O)[O-])c1. The van der Waals surface area contributed by atoms with E-state index >= 15 is 0 Å². The highest BCUT2D eigenvalue weighted by Gasteiger charge is 2.17. The van der Waals surface area contributed by atoms with E-state index in [2.05, 4.69) is 5.32 Å². The number of carbonyl (C=O) groups excluding carboxylic acids is 1. The first-order chi connectivity index (χ1) is 11.0. The fraction of sp³-hybridized carbons (Fsp3) is 0.235. The molecule has 0 aliphatic carbocycles. The van der Waals surface area contributed by atoms with Crippen molar-refractivity contribution in [2.45, 2.75) is 19.3 Å². The summed E-state index contributed by atoms with van der Waals surface area (Å²) in [6.45, 7) is 2.07. The van der Waals surface area contributed by atoms with E-state index < -0.39 is 10.8 Å². The van der Waals surface area contributed by atoms with E-state index in [1.165, 1.54) is 24.3 Å². The van der Waals surface area contributed by atoms with Gasteiger partial charge < -0.3 is 5.32 Å². The number of nitro benzene ring substituents is 1. The van der Waals surface area contributed by atoms with Crippen LogP contribution < -0.4 is 5.32 Å². The third-order valence-corrected chi connectivity index (χ3v) is 3.58. The van der Waals surface area contributed by atoms with E-state index in [0.717, 1.165) is 5.56 Å². The number of non-ortho nitro benzene ring substituents is 1. The molecule has 2 aromatic rings. The molecule has 0 saturated carbocycles. The minimum atomic E-state index is -0.498. The largest absolute Gasteiger partial charge is 0.355 e. The molecule has 0 aromatic heterocycles. The summed E-state index contributed by atoms with van der Waals surface area (Å²) in [7, 11) is 0. The molecule has 2 rings (SSSR count). The first-order valence-corrected chi connectivity index (χ1v) is 7.24. The summed E-state index contributed by atoms with van der Waals surface area (Å²) in [5.41, 5.74) is 1.35. The fourth-order valence-electron chi connectivity index (χ4n) is 2.23. The minimum absolute atomic E-state index is 0.0399. The van der Waals surface area contributed by atoms with Gasteiger partial charge >= 0.3 is 0 Å². The molecular formula is C17H17FN2O3. The van der Waals surface area contributed by atoms with Crippen LogP contribution in [0.5, 0.6) is 0 Å². The van der Waals surface area contributed by atoms with Crippen LogP contribution in [0.1, 0.15) is 24.0 Å². The first kappa shape index (κ1) is 16.6. The van der Waals surface area contributed by atoms with Gasteiger partial charge in [0.05, 0.1) is 10.8 Å². The minimum Gasteiger partial charge on any atom is -0.355 e. The standard InChI is InChI=1S/C17H17FN2O3/c1-12(14-5-3-7-16(11-14)20(22)23)17(21)19-9-8-13-4-2-6-15(18)10-13/h2-7,10-12H,8-9H2,1H3,(H,19,21). The van der Waals surface area contributed by atoms with Gasteiger partial charge in [-0.15, -0.1) is 0 Å². The molecule has 1 N–H and O–H groups in total. The summed E-state index contributed by atoms with van der Waals surface area (Å²) in [6, 6.07) is 12.2. The van der Waals surface area contributed by atoms with Gasteiger partial charge in [-0.05, 0) is 36.6 Å². The Labute approximate surface area is 133 Å². The third-order valence-electron chi connectivity index (χ3n) is 3.58. The van der Waals surface area contributed by atoms with Crippen LogP contribution in [0.25, 0.3) is 0 Å². The maximum atomic E-state index is 13.1. The average Bonchev–Trinajstić information content (AvgIpc) is 2.54. The molecule has 120 valence electrons. The van der Waals surface area contributed by atoms with Gasteiger partial charge in [0.1, 0.15) is 5.82 Å². The van der Waals surface area contributed by atoms with Gasteiger partial charge in [0.15, 0.2) is 0 Å². The summed E-state index contributed by atoms with van der Waals surface area (Å²) in [5, 5.41) is 13.5. The van der Waals surface area contributed by atoms with Gasteiger partial charge in [0.2, 0.25) is 5.91 Å². The van der Waals surface area contributed by atoms with E-state index in [1.54, 1.807) is 31.2 Å². The van der Waals surface area contributed by atoms with Crippen LogP contribution >= 0.6 is 0 Å². The Hall–Kier alpha value is -2.76. The van der Waals surface area contributed by atoms with Crippen LogP contribution in [0.3, 0.4) is 0 Å². The van der Waals surface area contributed by atoms with Crippen molar-refractivity contribution in [3.8, 4) is 0 Å². The lowest BCUT2D eigenvalue weighted by Gasteiger charge is -2.12. The van der Waals surface area contributed by atoms with Crippen LogP contribution in [-0.2, 0) is 11.2 Å². The molecule has 0 fully saturated rings. The van der Waals surface area contributed by atoms with Crippen LogP contribution in [0.4, 0.5) is 10.1 Å². The lowest BCUT2D eigenvalue weighted by atomic mass is 10.00. The number of nitro groups is 1. The molecule has 2 aromatic carbocycles. The molecule has 1 atom stereocenters. The Morgan fingerprint density at radius 3 is 2.70 bits per heavy atom. The molecule has 0 heterocycles. The monoisotopic (exact) mass is 316 g/mol. The van der Waals surface area contributed by atoms with Crippen molar-refractivity contribution in [3.05, 3.63) is 75.6 Å². The van der Waals surface area contributed by atoms with Gasteiger partial charge in [0.25, 0.3) is 5.69 Å². The van der Waals surface area contributed by atoms with E-state index in [1.807, 2.05) is 0 Å². The summed E-state index contributed by atoms with van der Waals surface area (Å²) in [4.78, 5) is 22.4. The highest BCUT2D eigenvalue weighted by molar-refractivity contribution is 5.83. The molecule has 0 saturated heterocycles.